The van der Waals surface area contributed by atoms with Crippen molar-refractivity contribution in [1.29, 1.82) is 0 Å². The molecule has 2 heteroatoms. The molecule has 1 heterocycles. The molecule has 60 heavy (non-hydrogen) atoms. The molecule has 0 aliphatic heterocycles. The van der Waals surface area contributed by atoms with Crippen LogP contribution in [0.2, 0.25) is 0 Å². The molecular weight excluding hydrogens is 727 g/mol. The van der Waals surface area contributed by atoms with Crippen LogP contribution in [0.3, 0.4) is 0 Å². The normalized spacial score (nSPS) is 14.4. The minimum atomic E-state index is -0.437. The standard InChI is InChI=1S/C58H39NO/c1-57(2)49-21-8-3-17-44(49)47-20-13-19-40(56(47)57)36-26-28-37(29-27-36)59(38-31-33-55-48(34-38)46-18-7-12-25-54(46)60-55)39-30-32-45-43-16-6-11-24-52(43)58(53(45)35-39)50-22-9-4-14-41(50)42-15-5-10-23-51(42)58/h3-35H,1-2H3. The van der Waals surface area contributed by atoms with Gasteiger partial charge in [0.1, 0.15) is 11.2 Å². The van der Waals surface area contributed by atoms with Crippen molar-refractivity contribution in [2.75, 3.05) is 4.90 Å². The Hall–Kier alpha value is -7.42. The summed E-state index contributed by atoms with van der Waals surface area (Å²) in [7, 11) is 0. The van der Waals surface area contributed by atoms with Gasteiger partial charge in [-0.2, -0.15) is 0 Å². The minimum Gasteiger partial charge on any atom is -0.456 e. The summed E-state index contributed by atoms with van der Waals surface area (Å²) in [6.07, 6.45) is 0. The number of furan rings is 1. The van der Waals surface area contributed by atoms with E-state index in [0.717, 1.165) is 39.0 Å². The van der Waals surface area contributed by atoms with Gasteiger partial charge in [0.2, 0.25) is 0 Å². The van der Waals surface area contributed by atoms with Gasteiger partial charge in [-0.05, 0) is 126 Å². The van der Waals surface area contributed by atoms with E-state index in [9.17, 15) is 0 Å². The second-order valence-corrected chi connectivity index (χ2v) is 17.2. The average molecular weight is 766 g/mol. The Morgan fingerprint density at radius 2 is 0.833 bits per heavy atom. The lowest BCUT2D eigenvalue weighted by Crippen LogP contribution is -2.26. The molecule has 0 unspecified atom stereocenters. The molecular formula is C58H39NO. The second-order valence-electron chi connectivity index (χ2n) is 17.2. The summed E-state index contributed by atoms with van der Waals surface area (Å²) in [5.41, 5.74) is 23.1. The third-order valence-corrected chi connectivity index (χ3v) is 13.9. The van der Waals surface area contributed by atoms with Gasteiger partial charge in [-0.15, -0.1) is 0 Å². The number of hydrogen-bond donors (Lipinski definition) is 0. The van der Waals surface area contributed by atoms with Gasteiger partial charge < -0.3 is 9.32 Å². The van der Waals surface area contributed by atoms with Crippen molar-refractivity contribution in [3.8, 4) is 44.5 Å². The highest BCUT2D eigenvalue weighted by molar-refractivity contribution is 6.07. The zero-order valence-corrected chi connectivity index (χ0v) is 33.4. The van der Waals surface area contributed by atoms with Crippen molar-refractivity contribution in [2.45, 2.75) is 24.7 Å². The highest BCUT2D eigenvalue weighted by Gasteiger charge is 2.51. The number of fused-ring (bicyclic) bond motifs is 16. The second kappa shape index (κ2) is 12.1. The minimum absolute atomic E-state index is 0.106. The van der Waals surface area contributed by atoms with Crippen molar-refractivity contribution in [3.05, 3.63) is 234 Å². The van der Waals surface area contributed by atoms with Gasteiger partial charge in [0, 0.05) is 33.2 Å². The Morgan fingerprint density at radius 3 is 1.52 bits per heavy atom. The Bertz CT molecular complexity index is 3360. The molecule has 0 saturated carbocycles. The number of rotatable bonds is 4. The summed E-state index contributed by atoms with van der Waals surface area (Å²) in [6, 6.07) is 74.2. The maximum atomic E-state index is 6.35. The maximum Gasteiger partial charge on any atom is 0.135 e. The first-order valence-corrected chi connectivity index (χ1v) is 21.0. The lowest BCUT2D eigenvalue weighted by molar-refractivity contribution is 0.662. The van der Waals surface area contributed by atoms with Gasteiger partial charge in [-0.3, -0.25) is 0 Å². The van der Waals surface area contributed by atoms with E-state index in [1.54, 1.807) is 0 Å². The van der Waals surface area contributed by atoms with E-state index in [2.05, 4.69) is 213 Å². The van der Waals surface area contributed by atoms with Gasteiger partial charge in [0.15, 0.2) is 0 Å². The van der Waals surface area contributed by atoms with Gasteiger partial charge in [0.05, 0.1) is 5.41 Å². The van der Waals surface area contributed by atoms with Crippen molar-refractivity contribution < 1.29 is 4.42 Å². The van der Waals surface area contributed by atoms with E-state index in [0.29, 0.717) is 0 Å². The molecule has 3 aliphatic carbocycles. The lowest BCUT2D eigenvalue weighted by Gasteiger charge is -2.32. The Morgan fingerprint density at radius 1 is 0.350 bits per heavy atom. The van der Waals surface area contributed by atoms with Crippen LogP contribution in [0.25, 0.3) is 66.4 Å². The molecule has 3 aliphatic rings. The van der Waals surface area contributed by atoms with Crippen LogP contribution in [0.4, 0.5) is 17.1 Å². The average Bonchev–Trinajstić information content (AvgIpc) is 3.99. The van der Waals surface area contributed by atoms with Crippen LogP contribution in [-0.2, 0) is 10.8 Å². The monoisotopic (exact) mass is 765 g/mol. The van der Waals surface area contributed by atoms with Gasteiger partial charge in [-0.25, -0.2) is 0 Å². The SMILES string of the molecule is CC1(C)c2ccccc2-c2cccc(-c3ccc(N(c4ccc5c(c4)C4(c6ccccc6-c6ccccc64)c4ccccc4-5)c4ccc5oc6ccccc6c5c4)cc3)c21. The molecule has 0 radical (unpaired) electrons. The van der Waals surface area contributed by atoms with Crippen molar-refractivity contribution in [1.82, 2.24) is 0 Å². The quantitative estimate of drug-likeness (QED) is 0.177. The number of para-hydroxylation sites is 1. The van der Waals surface area contributed by atoms with Crippen LogP contribution < -0.4 is 4.90 Å². The molecule has 0 saturated heterocycles. The summed E-state index contributed by atoms with van der Waals surface area (Å²) in [5, 5.41) is 2.23. The molecule has 282 valence electrons. The van der Waals surface area contributed by atoms with Crippen LogP contribution in [0.15, 0.2) is 205 Å². The molecule has 2 nitrogen and oxygen atoms in total. The number of hydrogen-bond acceptors (Lipinski definition) is 2. The Balaban J connectivity index is 1.02. The summed E-state index contributed by atoms with van der Waals surface area (Å²) in [6.45, 7) is 4.74. The van der Waals surface area contributed by atoms with E-state index in [4.69, 9.17) is 4.42 Å². The van der Waals surface area contributed by atoms with E-state index >= 15 is 0 Å². The Kier molecular flexibility index (Phi) is 6.74. The first-order valence-electron chi connectivity index (χ1n) is 21.0. The third kappa shape index (κ3) is 4.32. The molecule has 1 spiro atoms. The summed E-state index contributed by atoms with van der Waals surface area (Å²) in [5.74, 6) is 0. The smallest absolute Gasteiger partial charge is 0.135 e. The predicted molar refractivity (Wildman–Crippen MR) is 248 cm³/mol. The number of anilines is 3. The fourth-order valence-electron chi connectivity index (χ4n) is 11.4. The predicted octanol–water partition coefficient (Wildman–Crippen LogP) is 15.4. The van der Waals surface area contributed by atoms with Crippen molar-refractivity contribution in [3.63, 3.8) is 0 Å². The topological polar surface area (TPSA) is 16.4 Å². The molecule has 1 aromatic heterocycles. The first-order chi connectivity index (χ1) is 29.5. The zero-order chi connectivity index (χ0) is 39.7. The van der Waals surface area contributed by atoms with Crippen molar-refractivity contribution in [2.24, 2.45) is 0 Å². The van der Waals surface area contributed by atoms with Crippen LogP contribution in [0, 0.1) is 0 Å². The summed E-state index contributed by atoms with van der Waals surface area (Å²) >= 11 is 0. The van der Waals surface area contributed by atoms with Gasteiger partial charge >= 0.3 is 0 Å². The molecule has 10 aromatic rings. The van der Waals surface area contributed by atoms with Crippen LogP contribution in [0.1, 0.15) is 47.2 Å². The van der Waals surface area contributed by atoms with E-state index in [1.807, 2.05) is 6.07 Å². The highest BCUT2D eigenvalue weighted by atomic mass is 16.3. The fraction of sp³-hybridized carbons (Fsp3) is 0.0690. The van der Waals surface area contributed by atoms with E-state index < -0.39 is 5.41 Å². The van der Waals surface area contributed by atoms with E-state index in [1.165, 1.54) is 77.9 Å². The summed E-state index contributed by atoms with van der Waals surface area (Å²) in [4.78, 5) is 2.43. The number of benzene rings is 9. The van der Waals surface area contributed by atoms with Crippen LogP contribution >= 0.6 is 0 Å². The molecule has 13 rings (SSSR count). The zero-order valence-electron chi connectivity index (χ0n) is 33.4. The number of nitrogens with zero attached hydrogens (tertiary/aromatic N) is 1. The molecule has 0 atom stereocenters. The summed E-state index contributed by atoms with van der Waals surface area (Å²) < 4.78 is 6.35. The van der Waals surface area contributed by atoms with E-state index in [-0.39, 0.29) is 5.41 Å². The maximum absolute atomic E-state index is 6.35. The lowest BCUT2D eigenvalue weighted by atomic mass is 9.70. The molecule has 9 aromatic carbocycles. The van der Waals surface area contributed by atoms with Crippen LogP contribution in [0.5, 0.6) is 0 Å². The highest BCUT2D eigenvalue weighted by Crippen LogP contribution is 2.63. The molecule has 0 N–H and O–H groups in total. The third-order valence-electron chi connectivity index (χ3n) is 13.9. The molecule has 0 bridgehead atoms. The van der Waals surface area contributed by atoms with Crippen molar-refractivity contribution >= 4 is 39.0 Å². The molecule has 0 amide bonds. The first kappa shape index (κ1) is 33.5. The van der Waals surface area contributed by atoms with Gasteiger partial charge in [0.25, 0.3) is 0 Å². The Labute approximate surface area is 349 Å². The fourth-order valence-corrected chi connectivity index (χ4v) is 11.4. The molecule has 0 fully saturated rings. The van der Waals surface area contributed by atoms with Crippen LogP contribution in [-0.4, -0.2) is 0 Å². The largest absolute Gasteiger partial charge is 0.456 e. The van der Waals surface area contributed by atoms with Gasteiger partial charge in [-0.1, -0.05) is 166 Å².